The summed E-state index contributed by atoms with van der Waals surface area (Å²) in [5, 5.41) is 3.05. The van der Waals surface area contributed by atoms with Crippen LogP contribution in [0.4, 0.5) is 0 Å². The van der Waals surface area contributed by atoms with Crippen LogP contribution in [0.2, 0.25) is 0 Å². The van der Waals surface area contributed by atoms with Crippen LogP contribution in [-0.2, 0) is 0 Å². The summed E-state index contributed by atoms with van der Waals surface area (Å²) in [6.45, 7) is 7.51. The van der Waals surface area contributed by atoms with Gasteiger partial charge in [0.1, 0.15) is 0 Å². The molecule has 0 N–H and O–H groups in total. The van der Waals surface area contributed by atoms with E-state index in [2.05, 4.69) is 13.2 Å². The lowest BCUT2D eigenvalue weighted by Crippen LogP contribution is -2.42. The third kappa shape index (κ3) is 0.823. The SMILES string of the molecule is C=c1c(=C)c2c(=O)c3ccccc3c(=O)c1=2. The fourth-order valence-corrected chi connectivity index (χ4v) is 2.19. The zero-order valence-corrected chi connectivity index (χ0v) is 8.54. The first-order chi connectivity index (χ1) is 7.63. The zero-order valence-electron chi connectivity index (χ0n) is 8.54. The molecule has 16 heavy (non-hydrogen) atoms. The van der Waals surface area contributed by atoms with E-state index in [1.807, 2.05) is 0 Å². The maximum Gasteiger partial charge on any atom is 0.195 e. The normalized spacial score (nSPS) is 11.5. The van der Waals surface area contributed by atoms with E-state index >= 15 is 0 Å². The second kappa shape index (κ2) is 2.67. The Hall–Kier alpha value is -2.22. The molecular weight excluding hydrogens is 200 g/mol. The Morgan fingerprint density at radius 1 is 0.750 bits per heavy atom. The summed E-state index contributed by atoms with van der Waals surface area (Å²) >= 11 is 0. The van der Waals surface area contributed by atoms with E-state index in [0.29, 0.717) is 31.6 Å². The summed E-state index contributed by atoms with van der Waals surface area (Å²) in [7, 11) is 0. The van der Waals surface area contributed by atoms with Gasteiger partial charge in [0.2, 0.25) is 0 Å². The summed E-state index contributed by atoms with van der Waals surface area (Å²) in [5.41, 5.74) is -0.217. The third-order valence-corrected chi connectivity index (χ3v) is 3.09. The summed E-state index contributed by atoms with van der Waals surface area (Å²) in [4.78, 5) is 24.1. The molecule has 2 nitrogen and oxygen atoms in total. The van der Waals surface area contributed by atoms with Crippen LogP contribution in [0.15, 0.2) is 33.9 Å². The van der Waals surface area contributed by atoms with Crippen molar-refractivity contribution in [3.63, 3.8) is 0 Å². The van der Waals surface area contributed by atoms with Crippen LogP contribution in [0.1, 0.15) is 0 Å². The van der Waals surface area contributed by atoms with Gasteiger partial charge in [-0.3, -0.25) is 9.59 Å². The topological polar surface area (TPSA) is 34.1 Å². The lowest BCUT2D eigenvalue weighted by Gasteiger charge is -2.02. The molecule has 0 saturated heterocycles. The van der Waals surface area contributed by atoms with Gasteiger partial charge >= 0.3 is 0 Å². The van der Waals surface area contributed by atoms with Crippen LogP contribution in [0.25, 0.3) is 23.9 Å². The van der Waals surface area contributed by atoms with Crippen molar-refractivity contribution in [1.82, 2.24) is 0 Å². The van der Waals surface area contributed by atoms with Crippen LogP contribution >= 0.6 is 0 Å². The Morgan fingerprint density at radius 2 is 1.12 bits per heavy atom. The van der Waals surface area contributed by atoms with E-state index in [4.69, 9.17) is 0 Å². The van der Waals surface area contributed by atoms with Crippen LogP contribution in [0.5, 0.6) is 0 Å². The Balaban J connectivity index is 2.96. The molecule has 0 heterocycles. The second-order valence-electron chi connectivity index (χ2n) is 3.91. The molecule has 0 fully saturated rings. The number of hydrogen-bond donors (Lipinski definition) is 0. The molecule has 0 aliphatic heterocycles. The predicted molar refractivity (Wildman–Crippen MR) is 64.5 cm³/mol. The van der Waals surface area contributed by atoms with Gasteiger partial charge in [-0.25, -0.2) is 0 Å². The second-order valence-corrected chi connectivity index (χ2v) is 3.91. The predicted octanol–water partition coefficient (Wildman–Crippen LogP) is -0.0188. The van der Waals surface area contributed by atoms with E-state index in [-0.39, 0.29) is 10.9 Å². The monoisotopic (exact) mass is 208 g/mol. The minimum atomic E-state index is -0.109. The molecule has 76 valence electrons. The van der Waals surface area contributed by atoms with Crippen LogP contribution < -0.4 is 21.3 Å². The van der Waals surface area contributed by atoms with Crippen molar-refractivity contribution < 1.29 is 0 Å². The van der Waals surface area contributed by atoms with E-state index in [1.54, 1.807) is 24.3 Å². The standard InChI is InChI=1S/C14H8O2/c1-7-8(2)12-11(7)13(15)9-5-3-4-6-10(9)14(12)16/h3-6H,1-2H2. The molecule has 2 aliphatic carbocycles. The first-order valence-corrected chi connectivity index (χ1v) is 4.94. The molecule has 0 bridgehead atoms. The number of fused-ring (bicyclic) bond motifs is 1. The molecule has 3 rings (SSSR count). The highest BCUT2D eigenvalue weighted by Gasteiger charge is 2.11. The maximum atomic E-state index is 12.1. The van der Waals surface area contributed by atoms with Gasteiger partial charge in [0.05, 0.1) is 0 Å². The molecule has 0 aromatic heterocycles. The minimum Gasteiger partial charge on any atom is -0.289 e. The quantitative estimate of drug-likeness (QED) is 0.520. The highest BCUT2D eigenvalue weighted by molar-refractivity contribution is 5.82. The van der Waals surface area contributed by atoms with E-state index in [1.165, 1.54) is 0 Å². The first kappa shape index (κ1) is 9.04. The maximum absolute atomic E-state index is 12.1. The highest BCUT2D eigenvalue weighted by atomic mass is 16.1. The van der Waals surface area contributed by atoms with Gasteiger partial charge in [-0.15, -0.1) is 0 Å². The largest absolute Gasteiger partial charge is 0.289 e. The van der Waals surface area contributed by atoms with Crippen molar-refractivity contribution in [2.45, 2.75) is 0 Å². The van der Waals surface area contributed by atoms with Crippen molar-refractivity contribution in [2.24, 2.45) is 0 Å². The summed E-state index contributed by atoms with van der Waals surface area (Å²) in [5.74, 6) is 0. The van der Waals surface area contributed by atoms with Gasteiger partial charge in [-0.2, -0.15) is 0 Å². The number of rotatable bonds is 0. The van der Waals surface area contributed by atoms with Crippen LogP contribution in [0, 0.1) is 10.4 Å². The summed E-state index contributed by atoms with van der Waals surface area (Å²) in [6, 6.07) is 6.86. The number of hydrogen-bond acceptors (Lipinski definition) is 2. The molecule has 0 radical (unpaired) electrons. The molecule has 1 aromatic rings. The fourth-order valence-electron chi connectivity index (χ4n) is 2.19. The van der Waals surface area contributed by atoms with Crippen LogP contribution in [-0.4, -0.2) is 0 Å². The van der Waals surface area contributed by atoms with Crippen molar-refractivity contribution in [1.29, 1.82) is 0 Å². The lowest BCUT2D eigenvalue weighted by molar-refractivity contribution is 1.26. The molecule has 2 heteroatoms. The van der Waals surface area contributed by atoms with E-state index in [0.717, 1.165) is 0 Å². The third-order valence-electron chi connectivity index (χ3n) is 3.09. The van der Waals surface area contributed by atoms with Gasteiger partial charge in [-0.05, 0) is 10.4 Å². The molecule has 0 atom stereocenters. The summed E-state index contributed by atoms with van der Waals surface area (Å²) in [6.07, 6.45) is 0. The average Bonchev–Trinajstić information content (AvgIpc) is 2.32. The molecule has 0 unspecified atom stereocenters. The van der Waals surface area contributed by atoms with Gasteiger partial charge in [0.25, 0.3) is 0 Å². The Morgan fingerprint density at radius 3 is 1.50 bits per heavy atom. The van der Waals surface area contributed by atoms with Gasteiger partial charge < -0.3 is 0 Å². The van der Waals surface area contributed by atoms with E-state index < -0.39 is 0 Å². The molecule has 1 aromatic carbocycles. The lowest BCUT2D eigenvalue weighted by atomic mass is 9.99. The molecule has 0 spiro atoms. The van der Waals surface area contributed by atoms with Crippen LogP contribution in [0.3, 0.4) is 0 Å². The van der Waals surface area contributed by atoms with Crippen molar-refractivity contribution >= 4 is 23.9 Å². The molecule has 0 amide bonds. The molecule has 0 saturated carbocycles. The highest BCUT2D eigenvalue weighted by Crippen LogP contribution is 2.03. The molecule has 2 aliphatic rings. The van der Waals surface area contributed by atoms with Crippen molar-refractivity contribution in [2.75, 3.05) is 0 Å². The van der Waals surface area contributed by atoms with Crippen molar-refractivity contribution in [3.8, 4) is 0 Å². The Kier molecular flexibility index (Phi) is 1.51. The van der Waals surface area contributed by atoms with Gasteiger partial charge in [-0.1, -0.05) is 37.4 Å². The van der Waals surface area contributed by atoms with Gasteiger partial charge in [0.15, 0.2) is 10.9 Å². The number of benzene rings is 1. The van der Waals surface area contributed by atoms with E-state index in [9.17, 15) is 9.59 Å². The molecular formula is C14H8O2. The minimum absolute atomic E-state index is 0.109. The average molecular weight is 208 g/mol. The first-order valence-electron chi connectivity index (χ1n) is 4.94. The van der Waals surface area contributed by atoms with Gasteiger partial charge in [0, 0.05) is 21.2 Å². The Bertz CT molecular complexity index is 877. The summed E-state index contributed by atoms with van der Waals surface area (Å²) < 4.78 is 0. The van der Waals surface area contributed by atoms with Crippen molar-refractivity contribution in [3.05, 3.63) is 65.6 Å². The Labute approximate surface area is 90.1 Å². The smallest absolute Gasteiger partial charge is 0.195 e. The fraction of sp³-hybridized carbons (Fsp3) is 0. The zero-order chi connectivity index (χ0) is 11.4.